The van der Waals surface area contributed by atoms with Crippen LogP contribution in [0.1, 0.15) is 33.1 Å². The average Bonchev–Trinajstić information content (AvgIpc) is 3.26. The molecule has 2 aromatic heterocycles. The van der Waals surface area contributed by atoms with Gasteiger partial charge in [-0.15, -0.1) is 0 Å². The summed E-state index contributed by atoms with van der Waals surface area (Å²) in [6.45, 7) is 4.99. The fourth-order valence-corrected chi connectivity index (χ4v) is 3.07. The maximum Gasteiger partial charge on any atom is 0.331 e. The molecule has 0 atom stereocenters. The van der Waals surface area contributed by atoms with E-state index in [4.69, 9.17) is 14.0 Å². The molecule has 0 fully saturated rings. The van der Waals surface area contributed by atoms with E-state index < -0.39 is 18.4 Å². The molecule has 156 valence electrons. The molecular formula is C22H21FN2O5. The topological polar surface area (TPSA) is 83.6 Å². The van der Waals surface area contributed by atoms with Crippen molar-refractivity contribution in [3.05, 3.63) is 70.5 Å². The summed E-state index contributed by atoms with van der Waals surface area (Å²) in [5.74, 6) is -0.247. The Labute approximate surface area is 172 Å². The number of aromatic nitrogens is 2. The number of nitrogens with zero attached hydrogens (tertiary/aromatic N) is 2. The van der Waals surface area contributed by atoms with E-state index in [0.717, 1.165) is 11.8 Å². The lowest BCUT2D eigenvalue weighted by atomic mass is 10.1. The third-order valence-electron chi connectivity index (χ3n) is 4.51. The van der Waals surface area contributed by atoms with E-state index >= 15 is 0 Å². The zero-order valence-corrected chi connectivity index (χ0v) is 17.1. The standard InChI is InChI=1S/C22H21FN2O5/c1-13-9-17(15(3)25(13)21-10-14(2)30-24-21)19(26)12-29-22(27)8-6-16-5-7-20(28-4)18(23)11-16/h5-11H,12H2,1-4H3/b8-6+. The molecule has 0 saturated carbocycles. The first-order chi connectivity index (χ1) is 14.3. The van der Waals surface area contributed by atoms with Crippen LogP contribution in [-0.4, -0.2) is 35.2 Å². The maximum absolute atomic E-state index is 13.7. The van der Waals surface area contributed by atoms with Crippen LogP contribution in [0, 0.1) is 26.6 Å². The van der Waals surface area contributed by atoms with Gasteiger partial charge in [0.25, 0.3) is 0 Å². The molecule has 0 saturated heterocycles. The molecule has 0 aliphatic rings. The molecule has 8 heteroatoms. The number of methoxy groups -OCH3 is 1. The van der Waals surface area contributed by atoms with E-state index in [1.807, 2.05) is 6.92 Å². The molecule has 0 bridgehead atoms. The molecule has 7 nitrogen and oxygen atoms in total. The lowest BCUT2D eigenvalue weighted by Gasteiger charge is -2.05. The van der Waals surface area contributed by atoms with Crippen molar-refractivity contribution < 1.29 is 28.0 Å². The monoisotopic (exact) mass is 412 g/mol. The molecule has 0 radical (unpaired) electrons. The first-order valence-corrected chi connectivity index (χ1v) is 9.14. The predicted molar refractivity (Wildman–Crippen MR) is 107 cm³/mol. The third kappa shape index (κ3) is 4.48. The average molecular weight is 412 g/mol. The van der Waals surface area contributed by atoms with Gasteiger partial charge in [0.2, 0.25) is 5.78 Å². The highest BCUT2D eigenvalue weighted by atomic mass is 19.1. The number of ketones is 1. The summed E-state index contributed by atoms with van der Waals surface area (Å²) in [5, 5.41) is 3.97. The first-order valence-electron chi connectivity index (χ1n) is 9.14. The Hall–Kier alpha value is -3.68. The molecule has 3 aromatic rings. The van der Waals surface area contributed by atoms with Gasteiger partial charge in [0, 0.05) is 29.1 Å². The van der Waals surface area contributed by atoms with E-state index in [9.17, 15) is 14.0 Å². The third-order valence-corrected chi connectivity index (χ3v) is 4.51. The number of Topliss-reactive ketones (excluding diaryl/α,β-unsaturated/α-hetero) is 1. The quantitative estimate of drug-likeness (QED) is 0.332. The maximum atomic E-state index is 13.7. The molecule has 1 aromatic carbocycles. The smallest absolute Gasteiger partial charge is 0.331 e. The molecular weight excluding hydrogens is 391 g/mol. The summed E-state index contributed by atoms with van der Waals surface area (Å²) >= 11 is 0. The summed E-state index contributed by atoms with van der Waals surface area (Å²) in [6, 6.07) is 7.76. The molecule has 2 heterocycles. The van der Waals surface area contributed by atoms with Gasteiger partial charge in [-0.2, -0.15) is 0 Å². The van der Waals surface area contributed by atoms with Crippen LogP contribution in [0.5, 0.6) is 5.75 Å². The van der Waals surface area contributed by atoms with Gasteiger partial charge in [-0.3, -0.25) is 9.36 Å². The van der Waals surface area contributed by atoms with E-state index in [1.165, 1.54) is 25.3 Å². The van der Waals surface area contributed by atoms with E-state index in [2.05, 4.69) is 5.16 Å². The van der Waals surface area contributed by atoms with Crippen molar-refractivity contribution in [1.82, 2.24) is 9.72 Å². The SMILES string of the molecule is COc1ccc(/C=C/C(=O)OCC(=O)c2cc(C)n(-c3cc(C)on3)c2C)cc1F. The Bertz CT molecular complexity index is 1130. The number of benzene rings is 1. The van der Waals surface area contributed by atoms with Crippen molar-refractivity contribution in [2.75, 3.05) is 13.7 Å². The number of carbonyl (C=O) groups excluding carboxylic acids is 2. The molecule has 0 spiro atoms. The lowest BCUT2D eigenvalue weighted by Crippen LogP contribution is -2.13. The van der Waals surface area contributed by atoms with Crippen LogP contribution in [-0.2, 0) is 9.53 Å². The van der Waals surface area contributed by atoms with Crippen LogP contribution in [0.25, 0.3) is 11.9 Å². The number of ether oxygens (including phenoxy) is 2. The van der Waals surface area contributed by atoms with Crippen molar-refractivity contribution >= 4 is 17.8 Å². The fraction of sp³-hybridized carbons (Fsp3) is 0.227. The van der Waals surface area contributed by atoms with Crippen LogP contribution < -0.4 is 4.74 Å². The summed E-state index contributed by atoms with van der Waals surface area (Å²) < 4.78 is 30.4. The van der Waals surface area contributed by atoms with Crippen molar-refractivity contribution in [2.24, 2.45) is 0 Å². The zero-order valence-electron chi connectivity index (χ0n) is 17.1. The highest BCUT2D eigenvalue weighted by Gasteiger charge is 2.19. The van der Waals surface area contributed by atoms with Gasteiger partial charge in [0.05, 0.1) is 7.11 Å². The number of rotatable bonds is 7. The van der Waals surface area contributed by atoms with Crippen molar-refractivity contribution in [1.29, 1.82) is 0 Å². The van der Waals surface area contributed by atoms with Crippen LogP contribution in [0.4, 0.5) is 4.39 Å². The van der Waals surface area contributed by atoms with Gasteiger partial charge >= 0.3 is 5.97 Å². The van der Waals surface area contributed by atoms with Crippen molar-refractivity contribution in [3.8, 4) is 11.6 Å². The normalized spacial score (nSPS) is 11.1. The number of hydrogen-bond acceptors (Lipinski definition) is 6. The van der Waals surface area contributed by atoms with Crippen molar-refractivity contribution in [2.45, 2.75) is 20.8 Å². The molecule has 0 aliphatic carbocycles. The van der Waals surface area contributed by atoms with E-state index in [-0.39, 0.29) is 11.5 Å². The second-order valence-electron chi connectivity index (χ2n) is 6.67. The van der Waals surface area contributed by atoms with Gasteiger partial charge < -0.3 is 14.0 Å². The molecule has 0 amide bonds. The predicted octanol–water partition coefficient (Wildman–Crippen LogP) is 3.98. The minimum atomic E-state index is -0.708. The second-order valence-corrected chi connectivity index (χ2v) is 6.67. The highest BCUT2D eigenvalue weighted by molar-refractivity contribution is 6.00. The number of esters is 1. The highest BCUT2D eigenvalue weighted by Crippen LogP contribution is 2.21. The Morgan fingerprint density at radius 2 is 1.97 bits per heavy atom. The van der Waals surface area contributed by atoms with Crippen molar-refractivity contribution in [3.63, 3.8) is 0 Å². The molecule has 3 rings (SSSR count). The van der Waals surface area contributed by atoms with Crippen LogP contribution in [0.15, 0.2) is 40.9 Å². The second kappa shape index (κ2) is 8.77. The molecule has 30 heavy (non-hydrogen) atoms. The molecule has 0 N–H and O–H groups in total. The fourth-order valence-electron chi connectivity index (χ4n) is 3.07. The number of carbonyl (C=O) groups is 2. The minimum absolute atomic E-state index is 0.110. The molecule has 0 aliphatic heterocycles. The molecule has 0 unspecified atom stereocenters. The van der Waals surface area contributed by atoms with Gasteiger partial charge in [-0.05, 0) is 50.6 Å². The van der Waals surface area contributed by atoms with Gasteiger partial charge in [0.15, 0.2) is 24.0 Å². The Morgan fingerprint density at radius 1 is 1.20 bits per heavy atom. The Balaban J connectivity index is 1.64. The Kier molecular flexibility index (Phi) is 6.15. The first kappa shape index (κ1) is 21.0. The van der Waals surface area contributed by atoms with Crippen LogP contribution in [0.2, 0.25) is 0 Å². The van der Waals surface area contributed by atoms with Gasteiger partial charge in [0.1, 0.15) is 5.76 Å². The Morgan fingerprint density at radius 3 is 2.60 bits per heavy atom. The van der Waals surface area contributed by atoms with E-state index in [0.29, 0.717) is 28.4 Å². The lowest BCUT2D eigenvalue weighted by molar-refractivity contribution is -0.136. The zero-order chi connectivity index (χ0) is 21.8. The van der Waals surface area contributed by atoms with Gasteiger partial charge in [-0.1, -0.05) is 11.2 Å². The number of hydrogen-bond donors (Lipinski definition) is 0. The summed E-state index contributed by atoms with van der Waals surface area (Å²) in [5.41, 5.74) is 2.37. The van der Waals surface area contributed by atoms with Gasteiger partial charge in [-0.25, -0.2) is 9.18 Å². The summed E-state index contributed by atoms with van der Waals surface area (Å²) in [4.78, 5) is 24.5. The van der Waals surface area contributed by atoms with E-state index in [1.54, 1.807) is 36.6 Å². The summed E-state index contributed by atoms with van der Waals surface area (Å²) in [6.07, 6.45) is 2.53. The van der Waals surface area contributed by atoms with Crippen LogP contribution in [0.3, 0.4) is 0 Å². The number of aryl methyl sites for hydroxylation is 2. The van der Waals surface area contributed by atoms with Crippen LogP contribution >= 0.6 is 0 Å². The number of halogens is 1. The largest absolute Gasteiger partial charge is 0.494 e. The minimum Gasteiger partial charge on any atom is -0.494 e. The summed E-state index contributed by atoms with van der Waals surface area (Å²) in [7, 11) is 1.37.